The zero-order valence-electron chi connectivity index (χ0n) is 16.5. The van der Waals surface area contributed by atoms with E-state index in [1.54, 1.807) is 0 Å². The lowest BCUT2D eigenvalue weighted by Crippen LogP contribution is -2.12. The standard InChI is InChI=1S/C20H37F3OS2/c1-26(2,19-14-20(21,22)23)18-13-11-9-7-5-3-4-6-8-10-12-16-25-17-15-24/h24H,3-12,14-17,19H2,1-2H3. The van der Waals surface area contributed by atoms with E-state index in [0.717, 1.165) is 24.3 Å². The summed E-state index contributed by atoms with van der Waals surface area (Å²) in [6.07, 6.45) is 11.0. The van der Waals surface area contributed by atoms with Crippen LogP contribution in [0.25, 0.3) is 0 Å². The quantitative estimate of drug-likeness (QED) is 0.241. The van der Waals surface area contributed by atoms with Crippen LogP contribution in [0.1, 0.15) is 70.6 Å². The smallest absolute Gasteiger partial charge is 0.389 e. The minimum Gasteiger partial charge on any atom is -0.396 e. The van der Waals surface area contributed by atoms with Crippen molar-refractivity contribution in [3.8, 4) is 11.2 Å². The van der Waals surface area contributed by atoms with Crippen LogP contribution in [-0.4, -0.2) is 47.7 Å². The number of unbranched alkanes of at least 4 members (excludes halogenated alkanes) is 9. The van der Waals surface area contributed by atoms with Gasteiger partial charge in [-0.3, -0.25) is 0 Å². The number of rotatable bonds is 15. The van der Waals surface area contributed by atoms with Gasteiger partial charge in [-0.2, -0.15) is 35.0 Å². The highest BCUT2D eigenvalue weighted by Gasteiger charge is 2.28. The molecule has 0 bridgehead atoms. The first-order valence-corrected chi connectivity index (χ1v) is 13.5. The molecule has 0 spiro atoms. The van der Waals surface area contributed by atoms with E-state index in [1.807, 2.05) is 24.3 Å². The van der Waals surface area contributed by atoms with Gasteiger partial charge in [-0.1, -0.05) is 56.1 Å². The molecule has 0 unspecified atom stereocenters. The van der Waals surface area contributed by atoms with Gasteiger partial charge in [0.15, 0.2) is 0 Å². The van der Waals surface area contributed by atoms with Gasteiger partial charge in [0.2, 0.25) is 0 Å². The number of hydrogen-bond acceptors (Lipinski definition) is 2. The number of halogens is 3. The van der Waals surface area contributed by atoms with Crippen molar-refractivity contribution in [2.45, 2.75) is 76.8 Å². The van der Waals surface area contributed by atoms with E-state index in [4.69, 9.17) is 5.11 Å². The highest BCUT2D eigenvalue weighted by molar-refractivity contribution is 8.36. The molecule has 0 heterocycles. The van der Waals surface area contributed by atoms with Crippen molar-refractivity contribution >= 4 is 21.8 Å². The van der Waals surface area contributed by atoms with Crippen LogP contribution in [0, 0.1) is 11.2 Å². The first kappa shape index (κ1) is 26.0. The van der Waals surface area contributed by atoms with E-state index in [9.17, 15) is 13.2 Å². The van der Waals surface area contributed by atoms with Gasteiger partial charge in [0, 0.05) is 12.2 Å². The summed E-state index contributed by atoms with van der Waals surface area (Å²) < 4.78 is 36.8. The fourth-order valence-corrected chi connectivity index (χ4v) is 4.57. The van der Waals surface area contributed by atoms with Crippen molar-refractivity contribution in [1.82, 2.24) is 0 Å². The molecule has 0 saturated carbocycles. The number of aliphatic hydroxyl groups excluding tert-OH is 1. The van der Waals surface area contributed by atoms with Crippen molar-refractivity contribution in [1.29, 1.82) is 0 Å². The highest BCUT2D eigenvalue weighted by atomic mass is 32.3. The SMILES string of the molecule is CS(C)(C#CCCCCCCCCCCCSCCO)CCC(F)(F)F. The summed E-state index contributed by atoms with van der Waals surface area (Å²) in [5, 5.41) is 11.8. The Balaban J connectivity index is 3.43. The average Bonchev–Trinajstić information content (AvgIpc) is 2.56. The number of thioether (sulfide) groups is 1. The number of aliphatic hydroxyl groups is 1. The summed E-state index contributed by atoms with van der Waals surface area (Å²) in [5.41, 5.74) is 0. The minimum absolute atomic E-state index is 0.156. The maximum absolute atomic E-state index is 12.3. The van der Waals surface area contributed by atoms with E-state index in [0.29, 0.717) is 0 Å². The molecular weight excluding hydrogens is 377 g/mol. The van der Waals surface area contributed by atoms with Crippen molar-refractivity contribution in [3.63, 3.8) is 0 Å². The van der Waals surface area contributed by atoms with E-state index < -0.39 is 22.6 Å². The van der Waals surface area contributed by atoms with Gasteiger partial charge in [-0.25, -0.2) is 0 Å². The summed E-state index contributed by atoms with van der Waals surface area (Å²) in [7, 11) is -1.43. The molecule has 0 amide bonds. The van der Waals surface area contributed by atoms with Crippen molar-refractivity contribution in [3.05, 3.63) is 0 Å². The Morgan fingerprint density at radius 1 is 0.846 bits per heavy atom. The van der Waals surface area contributed by atoms with Crippen LogP contribution in [0.15, 0.2) is 0 Å². The number of alkyl halides is 3. The monoisotopic (exact) mass is 414 g/mol. The van der Waals surface area contributed by atoms with Gasteiger partial charge in [0.25, 0.3) is 0 Å². The fraction of sp³-hybridized carbons (Fsp3) is 0.900. The molecule has 0 fully saturated rings. The lowest BCUT2D eigenvalue weighted by Gasteiger charge is -2.24. The molecule has 6 heteroatoms. The van der Waals surface area contributed by atoms with Gasteiger partial charge < -0.3 is 5.11 Å². The Bertz CT molecular complexity index is 387. The Morgan fingerprint density at radius 3 is 1.92 bits per heavy atom. The summed E-state index contributed by atoms with van der Waals surface area (Å²) in [5.74, 6) is 5.28. The molecule has 0 radical (unpaired) electrons. The lowest BCUT2D eigenvalue weighted by molar-refractivity contribution is -0.129. The van der Waals surface area contributed by atoms with Crippen molar-refractivity contribution in [2.24, 2.45) is 0 Å². The maximum Gasteiger partial charge on any atom is 0.389 e. The van der Waals surface area contributed by atoms with E-state index >= 15 is 0 Å². The van der Waals surface area contributed by atoms with Crippen molar-refractivity contribution in [2.75, 3.05) is 36.4 Å². The van der Waals surface area contributed by atoms with Crippen LogP contribution < -0.4 is 0 Å². The van der Waals surface area contributed by atoms with Gasteiger partial charge in [0.1, 0.15) is 0 Å². The molecule has 0 aliphatic rings. The zero-order valence-corrected chi connectivity index (χ0v) is 18.1. The third-order valence-electron chi connectivity index (χ3n) is 4.07. The topological polar surface area (TPSA) is 20.2 Å². The Morgan fingerprint density at radius 2 is 1.38 bits per heavy atom. The predicted molar refractivity (Wildman–Crippen MR) is 113 cm³/mol. The van der Waals surface area contributed by atoms with Gasteiger partial charge in [-0.15, -0.1) is 0 Å². The van der Waals surface area contributed by atoms with Gasteiger partial charge in [-0.05, 0) is 36.9 Å². The largest absolute Gasteiger partial charge is 0.396 e. The molecule has 0 atom stereocenters. The first-order chi connectivity index (χ1) is 12.3. The highest BCUT2D eigenvalue weighted by Crippen LogP contribution is 2.41. The van der Waals surface area contributed by atoms with Crippen LogP contribution in [-0.2, 0) is 0 Å². The molecular formula is C20H37F3OS2. The maximum atomic E-state index is 12.3. The molecule has 0 aliphatic heterocycles. The molecule has 0 aliphatic carbocycles. The van der Waals surface area contributed by atoms with Crippen LogP contribution in [0.3, 0.4) is 0 Å². The summed E-state index contributed by atoms with van der Waals surface area (Å²) in [6.45, 7) is 0.285. The molecule has 0 aromatic heterocycles. The summed E-state index contributed by atoms with van der Waals surface area (Å²) in [4.78, 5) is 0. The van der Waals surface area contributed by atoms with Crippen LogP contribution in [0.2, 0.25) is 0 Å². The van der Waals surface area contributed by atoms with Gasteiger partial charge in [0.05, 0.1) is 13.0 Å². The van der Waals surface area contributed by atoms with Crippen LogP contribution >= 0.6 is 21.8 Å². The summed E-state index contributed by atoms with van der Waals surface area (Å²) >= 11 is 1.83. The zero-order chi connectivity index (χ0) is 19.7. The Labute approximate surface area is 164 Å². The predicted octanol–water partition coefficient (Wildman–Crippen LogP) is 6.59. The van der Waals surface area contributed by atoms with Crippen LogP contribution in [0.5, 0.6) is 0 Å². The second-order valence-corrected chi connectivity index (χ2v) is 12.1. The molecule has 156 valence electrons. The Hall–Kier alpha value is 0.01000. The first-order valence-electron chi connectivity index (χ1n) is 9.73. The second kappa shape index (κ2) is 16.0. The van der Waals surface area contributed by atoms with E-state index in [1.165, 1.54) is 51.4 Å². The third kappa shape index (κ3) is 20.3. The Kier molecular flexibility index (Phi) is 16.0. The normalized spacial score (nSPS) is 12.7. The van der Waals surface area contributed by atoms with Crippen molar-refractivity contribution < 1.29 is 18.3 Å². The summed E-state index contributed by atoms with van der Waals surface area (Å²) in [6, 6.07) is 0. The van der Waals surface area contributed by atoms with E-state index in [2.05, 4.69) is 11.2 Å². The molecule has 0 saturated heterocycles. The second-order valence-electron chi connectivity index (χ2n) is 7.15. The lowest BCUT2D eigenvalue weighted by atomic mass is 10.1. The number of hydrogen-bond donors (Lipinski definition) is 1. The average molecular weight is 415 g/mol. The third-order valence-corrected chi connectivity index (χ3v) is 7.04. The van der Waals surface area contributed by atoms with E-state index in [-0.39, 0.29) is 12.4 Å². The minimum atomic E-state index is -4.06. The molecule has 0 aromatic carbocycles. The molecule has 1 N–H and O–H groups in total. The molecule has 26 heavy (non-hydrogen) atoms. The molecule has 0 rings (SSSR count). The molecule has 1 nitrogen and oxygen atoms in total. The molecule has 0 aromatic rings. The fourth-order valence-electron chi connectivity index (χ4n) is 2.49. The van der Waals surface area contributed by atoms with Crippen LogP contribution in [0.4, 0.5) is 13.2 Å². The van der Waals surface area contributed by atoms with Gasteiger partial charge >= 0.3 is 6.18 Å².